The van der Waals surface area contributed by atoms with Gasteiger partial charge in [0.2, 0.25) is 0 Å². The molecule has 4 heteroatoms. The van der Waals surface area contributed by atoms with Crippen LogP contribution in [0.4, 0.5) is 0 Å². The number of alkyl halides is 1. The number of nitrogens with zero attached hydrogens (tertiary/aromatic N) is 1. The van der Waals surface area contributed by atoms with Gasteiger partial charge in [-0.05, 0) is 26.4 Å². The van der Waals surface area contributed by atoms with Crippen molar-refractivity contribution in [1.29, 1.82) is 0 Å². The van der Waals surface area contributed by atoms with E-state index in [1.807, 2.05) is 0 Å². The number of likely N-dealkylation sites (N-methyl/N-ethyl adjacent to an activating group) is 1. The molecule has 0 aromatic rings. The fraction of sp³-hybridized carbons (Fsp3) is 1.00. The lowest BCUT2D eigenvalue weighted by Crippen LogP contribution is -2.25. The molecule has 0 aliphatic carbocycles. The van der Waals surface area contributed by atoms with Crippen molar-refractivity contribution in [2.75, 3.05) is 47.1 Å². The van der Waals surface area contributed by atoms with Crippen molar-refractivity contribution in [2.45, 2.75) is 24.6 Å². The average molecular weight is 282 g/mol. The highest BCUT2D eigenvalue weighted by atomic mass is 79.9. The minimum Gasteiger partial charge on any atom is -0.385 e. The lowest BCUT2D eigenvalue weighted by atomic mass is 10.3. The quantitative estimate of drug-likeness (QED) is 0.452. The van der Waals surface area contributed by atoms with Crippen molar-refractivity contribution < 1.29 is 9.47 Å². The van der Waals surface area contributed by atoms with E-state index in [0.717, 1.165) is 39.3 Å². The Labute approximate surface area is 102 Å². The standard InChI is InChI=1S/C11H24BrNO2/c1-11(12)5-6-13(2)7-10-15-9-4-8-14-3/h11H,4-10H2,1-3H3. The van der Waals surface area contributed by atoms with Gasteiger partial charge in [0.1, 0.15) is 0 Å². The highest BCUT2D eigenvalue weighted by Gasteiger charge is 2.00. The molecule has 0 amide bonds. The minimum absolute atomic E-state index is 0.600. The molecule has 0 aliphatic heterocycles. The van der Waals surface area contributed by atoms with Crippen LogP contribution in [0.15, 0.2) is 0 Å². The molecule has 0 saturated carbocycles. The van der Waals surface area contributed by atoms with Crippen LogP contribution in [0.1, 0.15) is 19.8 Å². The summed E-state index contributed by atoms with van der Waals surface area (Å²) in [7, 11) is 3.85. The van der Waals surface area contributed by atoms with Crippen LogP contribution in [0, 0.1) is 0 Å². The Kier molecular flexibility index (Phi) is 11.1. The summed E-state index contributed by atoms with van der Waals surface area (Å²) in [6, 6.07) is 0. The molecule has 1 unspecified atom stereocenters. The summed E-state index contributed by atoms with van der Waals surface area (Å²) in [6.45, 7) is 6.71. The molecule has 0 aromatic carbocycles. The smallest absolute Gasteiger partial charge is 0.0593 e. The number of hydrogen-bond donors (Lipinski definition) is 0. The molecule has 0 rings (SSSR count). The van der Waals surface area contributed by atoms with E-state index in [4.69, 9.17) is 9.47 Å². The second-order valence-corrected chi connectivity index (χ2v) is 5.39. The van der Waals surface area contributed by atoms with E-state index in [1.54, 1.807) is 7.11 Å². The molecular formula is C11H24BrNO2. The van der Waals surface area contributed by atoms with Crippen LogP contribution >= 0.6 is 15.9 Å². The molecule has 3 nitrogen and oxygen atoms in total. The van der Waals surface area contributed by atoms with E-state index in [0.29, 0.717) is 4.83 Å². The maximum atomic E-state index is 5.48. The normalized spacial score (nSPS) is 13.4. The van der Waals surface area contributed by atoms with E-state index in [2.05, 4.69) is 34.8 Å². The summed E-state index contributed by atoms with van der Waals surface area (Å²) in [6.07, 6.45) is 2.17. The Balaban J connectivity index is 3.13. The molecule has 0 saturated heterocycles. The second-order valence-electron chi connectivity index (χ2n) is 3.83. The molecule has 92 valence electrons. The third-order valence-electron chi connectivity index (χ3n) is 2.16. The third kappa shape index (κ3) is 12.3. The number of rotatable bonds is 10. The number of ether oxygens (including phenoxy) is 2. The Morgan fingerprint density at radius 1 is 1.20 bits per heavy atom. The first-order valence-corrected chi connectivity index (χ1v) is 6.47. The number of methoxy groups -OCH3 is 1. The number of halogens is 1. The van der Waals surface area contributed by atoms with E-state index >= 15 is 0 Å². The number of hydrogen-bond acceptors (Lipinski definition) is 3. The molecule has 0 spiro atoms. The van der Waals surface area contributed by atoms with Gasteiger partial charge in [0, 0.05) is 31.7 Å². The Hall–Kier alpha value is 0.360. The second kappa shape index (κ2) is 10.9. The van der Waals surface area contributed by atoms with Crippen molar-refractivity contribution in [2.24, 2.45) is 0 Å². The fourth-order valence-corrected chi connectivity index (χ4v) is 1.34. The van der Waals surface area contributed by atoms with Crippen LogP contribution in [0.3, 0.4) is 0 Å². The Morgan fingerprint density at radius 3 is 2.53 bits per heavy atom. The zero-order valence-electron chi connectivity index (χ0n) is 10.2. The van der Waals surface area contributed by atoms with Gasteiger partial charge in [0.05, 0.1) is 6.61 Å². The van der Waals surface area contributed by atoms with Gasteiger partial charge < -0.3 is 14.4 Å². The van der Waals surface area contributed by atoms with Gasteiger partial charge in [0.25, 0.3) is 0 Å². The van der Waals surface area contributed by atoms with Crippen molar-refractivity contribution in [1.82, 2.24) is 4.90 Å². The molecule has 0 heterocycles. The van der Waals surface area contributed by atoms with Crippen molar-refractivity contribution in [3.8, 4) is 0 Å². The van der Waals surface area contributed by atoms with Gasteiger partial charge in [-0.3, -0.25) is 0 Å². The molecule has 0 bridgehead atoms. The van der Waals surface area contributed by atoms with Gasteiger partial charge in [-0.25, -0.2) is 0 Å². The van der Waals surface area contributed by atoms with Crippen LogP contribution in [0.5, 0.6) is 0 Å². The molecule has 0 aromatic heterocycles. The van der Waals surface area contributed by atoms with Crippen LogP contribution in [-0.2, 0) is 9.47 Å². The molecule has 0 fully saturated rings. The van der Waals surface area contributed by atoms with Crippen molar-refractivity contribution in [3.63, 3.8) is 0 Å². The van der Waals surface area contributed by atoms with Crippen LogP contribution in [0.2, 0.25) is 0 Å². The largest absolute Gasteiger partial charge is 0.385 e. The fourth-order valence-electron chi connectivity index (χ4n) is 1.14. The molecular weight excluding hydrogens is 258 g/mol. The van der Waals surface area contributed by atoms with Crippen LogP contribution in [0.25, 0.3) is 0 Å². The zero-order valence-corrected chi connectivity index (χ0v) is 11.8. The minimum atomic E-state index is 0.600. The summed E-state index contributed by atoms with van der Waals surface area (Å²) < 4.78 is 10.4. The third-order valence-corrected chi connectivity index (χ3v) is 2.62. The highest BCUT2D eigenvalue weighted by Crippen LogP contribution is 2.03. The van der Waals surface area contributed by atoms with Gasteiger partial charge in [-0.1, -0.05) is 22.9 Å². The molecule has 0 N–H and O–H groups in total. The highest BCUT2D eigenvalue weighted by molar-refractivity contribution is 9.09. The lowest BCUT2D eigenvalue weighted by Gasteiger charge is -2.17. The summed E-state index contributed by atoms with van der Waals surface area (Å²) in [5.74, 6) is 0. The predicted octanol–water partition coefficient (Wildman–Crippen LogP) is 2.14. The van der Waals surface area contributed by atoms with E-state index in [1.165, 1.54) is 6.42 Å². The van der Waals surface area contributed by atoms with Gasteiger partial charge in [-0.15, -0.1) is 0 Å². The topological polar surface area (TPSA) is 21.7 Å². The van der Waals surface area contributed by atoms with Crippen molar-refractivity contribution >= 4 is 15.9 Å². The summed E-state index contributed by atoms with van der Waals surface area (Å²) >= 11 is 3.54. The van der Waals surface area contributed by atoms with E-state index in [-0.39, 0.29) is 0 Å². The predicted molar refractivity (Wildman–Crippen MR) is 67.8 cm³/mol. The monoisotopic (exact) mass is 281 g/mol. The Bertz CT molecular complexity index is 134. The first kappa shape index (κ1) is 15.4. The van der Waals surface area contributed by atoms with Crippen molar-refractivity contribution in [3.05, 3.63) is 0 Å². The molecule has 15 heavy (non-hydrogen) atoms. The summed E-state index contributed by atoms with van der Waals surface area (Å²) in [5.41, 5.74) is 0. The van der Waals surface area contributed by atoms with Gasteiger partial charge in [0.15, 0.2) is 0 Å². The Morgan fingerprint density at radius 2 is 1.93 bits per heavy atom. The van der Waals surface area contributed by atoms with Gasteiger partial charge in [-0.2, -0.15) is 0 Å². The van der Waals surface area contributed by atoms with Crippen LogP contribution in [-0.4, -0.2) is 56.8 Å². The van der Waals surface area contributed by atoms with Crippen LogP contribution < -0.4 is 0 Å². The van der Waals surface area contributed by atoms with E-state index < -0.39 is 0 Å². The molecule has 1 atom stereocenters. The van der Waals surface area contributed by atoms with Gasteiger partial charge >= 0.3 is 0 Å². The molecule has 0 aliphatic rings. The SMILES string of the molecule is COCCCOCCN(C)CCC(C)Br. The first-order chi connectivity index (χ1) is 7.16. The summed E-state index contributed by atoms with van der Waals surface area (Å²) in [5, 5.41) is 0. The maximum Gasteiger partial charge on any atom is 0.0593 e. The average Bonchev–Trinajstić information content (AvgIpc) is 2.20. The maximum absolute atomic E-state index is 5.48. The van der Waals surface area contributed by atoms with E-state index in [9.17, 15) is 0 Å². The molecule has 0 radical (unpaired) electrons. The summed E-state index contributed by atoms with van der Waals surface area (Å²) in [4.78, 5) is 2.90. The first-order valence-electron chi connectivity index (χ1n) is 5.56. The zero-order chi connectivity index (χ0) is 11.5. The lowest BCUT2D eigenvalue weighted by molar-refractivity contribution is 0.0886.